The number of carbonyl (C=O) groups excluding carboxylic acids is 1. The summed E-state index contributed by atoms with van der Waals surface area (Å²) in [4.78, 5) is 12.1. The van der Waals surface area contributed by atoms with Crippen molar-refractivity contribution >= 4 is 27.3 Å². The second kappa shape index (κ2) is 5.58. The van der Waals surface area contributed by atoms with Crippen LogP contribution in [-0.4, -0.2) is 39.3 Å². The Hall–Kier alpha value is -1.71. The Morgan fingerprint density at radius 2 is 2.19 bits per heavy atom. The molecule has 1 saturated heterocycles. The second-order valence-corrected chi connectivity index (χ2v) is 6.73. The molecule has 4 N–H and O–H groups in total. The highest BCUT2D eigenvalue weighted by atomic mass is 32.2. The number of rotatable bonds is 4. The first kappa shape index (κ1) is 15.7. The number of ether oxygens (including phenoxy) is 1. The normalized spacial score (nSPS) is 22.0. The first-order chi connectivity index (χ1) is 9.70. The molecule has 1 unspecified atom stereocenters. The van der Waals surface area contributed by atoms with E-state index in [9.17, 15) is 17.6 Å². The van der Waals surface area contributed by atoms with Crippen molar-refractivity contribution in [3.8, 4) is 0 Å². The number of sulfonamides is 1. The first-order valence-corrected chi connectivity index (χ1v) is 8.04. The Balaban J connectivity index is 2.17. The number of nitrogens with one attached hydrogen (secondary N) is 2. The molecule has 116 valence electrons. The van der Waals surface area contributed by atoms with Crippen LogP contribution in [0.4, 0.5) is 15.8 Å². The van der Waals surface area contributed by atoms with E-state index in [0.29, 0.717) is 13.0 Å². The number of benzene rings is 1. The fraction of sp³-hybridized carbons (Fsp3) is 0.417. The third-order valence-corrected chi connectivity index (χ3v) is 3.61. The molecule has 1 heterocycles. The van der Waals surface area contributed by atoms with E-state index in [1.807, 2.05) is 4.72 Å². The second-order valence-electron chi connectivity index (χ2n) is 4.98. The van der Waals surface area contributed by atoms with Gasteiger partial charge in [-0.3, -0.25) is 9.52 Å². The van der Waals surface area contributed by atoms with Crippen LogP contribution in [0.5, 0.6) is 0 Å². The largest absolute Gasteiger partial charge is 0.379 e. The molecule has 1 amide bonds. The summed E-state index contributed by atoms with van der Waals surface area (Å²) in [5, 5.41) is 2.53. The lowest BCUT2D eigenvalue weighted by atomic mass is 9.99. The van der Waals surface area contributed by atoms with Crippen LogP contribution in [0, 0.1) is 5.82 Å². The SMILES string of the molecule is CS(=O)(=O)Nc1cc(NC(=O)C2(N)CCOC2)ccc1F. The van der Waals surface area contributed by atoms with Crippen molar-refractivity contribution < 1.29 is 22.3 Å². The fourth-order valence-electron chi connectivity index (χ4n) is 1.90. The highest BCUT2D eigenvalue weighted by molar-refractivity contribution is 7.92. The van der Waals surface area contributed by atoms with E-state index < -0.39 is 27.3 Å². The molecule has 1 atom stereocenters. The fourth-order valence-corrected chi connectivity index (χ4v) is 2.45. The van der Waals surface area contributed by atoms with Crippen LogP contribution in [0.15, 0.2) is 18.2 Å². The molecule has 1 aliphatic rings. The number of carbonyl (C=O) groups is 1. The summed E-state index contributed by atoms with van der Waals surface area (Å²) >= 11 is 0. The Labute approximate surface area is 121 Å². The van der Waals surface area contributed by atoms with Crippen LogP contribution >= 0.6 is 0 Å². The average molecular weight is 317 g/mol. The van der Waals surface area contributed by atoms with Crippen molar-refractivity contribution in [3.05, 3.63) is 24.0 Å². The summed E-state index contributed by atoms with van der Waals surface area (Å²) < 4.78 is 42.9. The van der Waals surface area contributed by atoms with Crippen LogP contribution in [0.1, 0.15) is 6.42 Å². The molecule has 1 aromatic rings. The molecule has 1 aliphatic heterocycles. The third-order valence-electron chi connectivity index (χ3n) is 3.02. The predicted molar refractivity (Wildman–Crippen MR) is 75.9 cm³/mol. The molecule has 0 bridgehead atoms. The molecule has 0 aromatic heterocycles. The Kier molecular flexibility index (Phi) is 4.17. The van der Waals surface area contributed by atoms with Gasteiger partial charge in [0.05, 0.1) is 18.6 Å². The maximum Gasteiger partial charge on any atom is 0.246 e. The zero-order chi connectivity index (χ0) is 15.7. The van der Waals surface area contributed by atoms with E-state index in [0.717, 1.165) is 12.3 Å². The average Bonchev–Trinajstić information content (AvgIpc) is 2.80. The lowest BCUT2D eigenvalue weighted by molar-refractivity contribution is -0.121. The van der Waals surface area contributed by atoms with Crippen molar-refractivity contribution in [2.75, 3.05) is 29.5 Å². The molecule has 0 aliphatic carbocycles. The van der Waals surface area contributed by atoms with Crippen molar-refractivity contribution in [3.63, 3.8) is 0 Å². The van der Waals surface area contributed by atoms with Gasteiger partial charge in [0.2, 0.25) is 15.9 Å². The highest BCUT2D eigenvalue weighted by Crippen LogP contribution is 2.23. The molecule has 1 fully saturated rings. The van der Waals surface area contributed by atoms with E-state index >= 15 is 0 Å². The number of amides is 1. The Bertz CT molecular complexity index is 656. The first-order valence-electron chi connectivity index (χ1n) is 6.15. The van der Waals surface area contributed by atoms with Gasteiger partial charge in [-0.05, 0) is 24.6 Å². The molecule has 0 radical (unpaired) electrons. The van der Waals surface area contributed by atoms with E-state index in [-0.39, 0.29) is 18.0 Å². The summed E-state index contributed by atoms with van der Waals surface area (Å²) in [7, 11) is -3.62. The molecular formula is C12H16FN3O4S. The lowest BCUT2D eigenvalue weighted by Gasteiger charge is -2.20. The summed E-state index contributed by atoms with van der Waals surface area (Å²) in [5.74, 6) is -1.21. The molecule has 0 saturated carbocycles. The lowest BCUT2D eigenvalue weighted by Crippen LogP contribution is -2.51. The number of anilines is 2. The van der Waals surface area contributed by atoms with Gasteiger partial charge in [-0.15, -0.1) is 0 Å². The van der Waals surface area contributed by atoms with Gasteiger partial charge in [0, 0.05) is 12.3 Å². The minimum Gasteiger partial charge on any atom is -0.379 e. The van der Waals surface area contributed by atoms with Crippen LogP contribution in [0.2, 0.25) is 0 Å². The van der Waals surface area contributed by atoms with Gasteiger partial charge >= 0.3 is 0 Å². The zero-order valence-electron chi connectivity index (χ0n) is 11.3. The van der Waals surface area contributed by atoms with Crippen LogP contribution in [-0.2, 0) is 19.6 Å². The van der Waals surface area contributed by atoms with Crippen molar-refractivity contribution in [1.29, 1.82) is 0 Å². The topological polar surface area (TPSA) is 111 Å². The van der Waals surface area contributed by atoms with Gasteiger partial charge in [0.15, 0.2) is 0 Å². The maximum atomic E-state index is 13.5. The van der Waals surface area contributed by atoms with E-state index in [4.69, 9.17) is 10.5 Å². The van der Waals surface area contributed by atoms with Gasteiger partial charge in [0.25, 0.3) is 0 Å². The Morgan fingerprint density at radius 3 is 2.76 bits per heavy atom. The monoisotopic (exact) mass is 317 g/mol. The van der Waals surface area contributed by atoms with Crippen LogP contribution in [0.25, 0.3) is 0 Å². The van der Waals surface area contributed by atoms with Crippen molar-refractivity contribution in [2.45, 2.75) is 12.0 Å². The van der Waals surface area contributed by atoms with Gasteiger partial charge in [-0.25, -0.2) is 12.8 Å². The smallest absolute Gasteiger partial charge is 0.246 e. The number of nitrogens with two attached hydrogens (primary N) is 1. The minimum absolute atomic E-state index is 0.106. The van der Waals surface area contributed by atoms with Crippen LogP contribution < -0.4 is 15.8 Å². The number of halogens is 1. The summed E-state index contributed by atoms with van der Waals surface area (Å²) in [6, 6.07) is 3.56. The summed E-state index contributed by atoms with van der Waals surface area (Å²) in [6.45, 7) is 0.503. The molecular weight excluding hydrogens is 301 g/mol. The van der Waals surface area contributed by atoms with Crippen molar-refractivity contribution in [1.82, 2.24) is 0 Å². The predicted octanol–water partition coefficient (Wildman–Crippen LogP) is 0.253. The minimum atomic E-state index is -3.62. The van der Waals surface area contributed by atoms with Gasteiger partial charge in [-0.2, -0.15) is 0 Å². The maximum absolute atomic E-state index is 13.5. The van der Waals surface area contributed by atoms with Gasteiger partial charge < -0.3 is 15.8 Å². The molecule has 1 aromatic carbocycles. The molecule has 0 spiro atoms. The van der Waals surface area contributed by atoms with E-state index in [1.54, 1.807) is 0 Å². The summed E-state index contributed by atoms with van der Waals surface area (Å²) in [6.07, 6.45) is 1.29. The number of hydrogen-bond acceptors (Lipinski definition) is 5. The third kappa shape index (κ3) is 3.90. The zero-order valence-corrected chi connectivity index (χ0v) is 12.2. The number of hydrogen-bond donors (Lipinski definition) is 3. The molecule has 7 nitrogen and oxygen atoms in total. The molecule has 9 heteroatoms. The van der Waals surface area contributed by atoms with Gasteiger partial charge in [-0.1, -0.05) is 0 Å². The van der Waals surface area contributed by atoms with E-state index in [1.165, 1.54) is 12.1 Å². The highest BCUT2D eigenvalue weighted by Gasteiger charge is 2.38. The van der Waals surface area contributed by atoms with Crippen molar-refractivity contribution in [2.24, 2.45) is 5.73 Å². The quantitative estimate of drug-likeness (QED) is 0.737. The standard InChI is InChI=1S/C12H16FN3O4S/c1-21(18,19)16-10-6-8(2-3-9(10)13)15-11(17)12(14)4-5-20-7-12/h2-3,6,16H,4-5,7,14H2,1H3,(H,15,17). The molecule has 2 rings (SSSR count). The Morgan fingerprint density at radius 1 is 1.48 bits per heavy atom. The molecule has 21 heavy (non-hydrogen) atoms. The van der Waals surface area contributed by atoms with E-state index in [2.05, 4.69) is 5.32 Å². The van der Waals surface area contributed by atoms with Gasteiger partial charge in [0.1, 0.15) is 11.4 Å². The summed E-state index contributed by atoms with van der Waals surface area (Å²) in [5.41, 5.74) is 4.77. The van der Waals surface area contributed by atoms with Crippen LogP contribution in [0.3, 0.4) is 0 Å².